The van der Waals surface area contributed by atoms with E-state index in [1.165, 1.54) is 11.1 Å². The lowest BCUT2D eigenvalue weighted by atomic mass is 9.99. The summed E-state index contributed by atoms with van der Waals surface area (Å²) in [6, 6.07) is 14.8. The molecular weight excluding hydrogens is 366 g/mol. The fraction of sp³-hybridized carbons (Fsp3) is 0.250. The molecule has 0 amide bonds. The zero-order valence-corrected chi connectivity index (χ0v) is 14.0. The van der Waals surface area contributed by atoms with Gasteiger partial charge >= 0.3 is 0 Å². The van der Waals surface area contributed by atoms with Crippen molar-refractivity contribution in [1.82, 2.24) is 0 Å². The molecule has 0 aliphatic carbocycles. The normalized spacial score (nSPS) is 12.4. The highest BCUT2D eigenvalue weighted by atomic mass is 79.9. The average Bonchev–Trinajstić information content (AvgIpc) is 2.42. The Bertz CT molecular complexity index is 549. The van der Waals surface area contributed by atoms with Crippen LogP contribution in [-0.4, -0.2) is 0 Å². The van der Waals surface area contributed by atoms with Gasteiger partial charge < -0.3 is 5.73 Å². The molecule has 0 aromatic heterocycles. The average molecular weight is 383 g/mol. The van der Waals surface area contributed by atoms with Crippen molar-refractivity contribution >= 4 is 31.9 Å². The van der Waals surface area contributed by atoms with Crippen molar-refractivity contribution in [1.29, 1.82) is 0 Å². The van der Waals surface area contributed by atoms with Gasteiger partial charge in [-0.3, -0.25) is 0 Å². The fourth-order valence-corrected chi connectivity index (χ4v) is 2.99. The minimum absolute atomic E-state index is 0.000600. The van der Waals surface area contributed by atoms with E-state index in [1.807, 2.05) is 12.1 Å². The summed E-state index contributed by atoms with van der Waals surface area (Å²) in [6.07, 6.45) is 1.92. The Morgan fingerprint density at radius 3 is 2.26 bits per heavy atom. The maximum atomic E-state index is 6.32. The molecule has 0 fully saturated rings. The van der Waals surface area contributed by atoms with E-state index < -0.39 is 0 Å². The third-order valence-electron chi connectivity index (χ3n) is 3.24. The number of rotatable bonds is 4. The van der Waals surface area contributed by atoms with Crippen LogP contribution in [0, 0.1) is 0 Å². The molecule has 0 aliphatic heterocycles. The van der Waals surface area contributed by atoms with Crippen molar-refractivity contribution in [3.05, 3.63) is 68.1 Å². The van der Waals surface area contributed by atoms with Crippen molar-refractivity contribution in [2.75, 3.05) is 0 Å². The second-order valence-corrected chi connectivity index (χ2v) is 6.42. The molecule has 0 spiro atoms. The van der Waals surface area contributed by atoms with Crippen LogP contribution < -0.4 is 5.73 Å². The Hall–Kier alpha value is -0.640. The second kappa shape index (κ2) is 6.69. The summed E-state index contributed by atoms with van der Waals surface area (Å²) in [4.78, 5) is 0. The van der Waals surface area contributed by atoms with Gasteiger partial charge in [-0.05, 0) is 47.7 Å². The zero-order chi connectivity index (χ0) is 13.8. The third-order valence-corrected chi connectivity index (χ3v) is 4.46. The van der Waals surface area contributed by atoms with Crippen LogP contribution >= 0.6 is 31.9 Å². The van der Waals surface area contributed by atoms with Gasteiger partial charge in [-0.15, -0.1) is 0 Å². The van der Waals surface area contributed by atoms with Gasteiger partial charge in [0.15, 0.2) is 0 Å². The van der Waals surface area contributed by atoms with Crippen molar-refractivity contribution in [3.63, 3.8) is 0 Å². The molecule has 0 saturated heterocycles. The van der Waals surface area contributed by atoms with Crippen molar-refractivity contribution in [3.8, 4) is 0 Å². The number of halogens is 2. The van der Waals surface area contributed by atoms with Crippen LogP contribution in [-0.2, 0) is 12.8 Å². The third kappa shape index (κ3) is 3.91. The van der Waals surface area contributed by atoms with Crippen LogP contribution in [0.25, 0.3) is 0 Å². The van der Waals surface area contributed by atoms with Crippen LogP contribution in [0.15, 0.2) is 51.4 Å². The first-order valence-corrected chi connectivity index (χ1v) is 7.97. The predicted molar refractivity (Wildman–Crippen MR) is 88.3 cm³/mol. The summed E-state index contributed by atoms with van der Waals surface area (Å²) in [5, 5.41) is 0. The molecule has 19 heavy (non-hydrogen) atoms. The Morgan fingerprint density at radius 2 is 1.63 bits per heavy atom. The lowest BCUT2D eigenvalue weighted by Crippen LogP contribution is -2.14. The molecule has 0 saturated carbocycles. The van der Waals surface area contributed by atoms with E-state index in [0.717, 1.165) is 27.4 Å². The number of aryl methyl sites for hydroxylation is 1. The molecule has 2 aromatic rings. The Kier molecular flexibility index (Phi) is 5.20. The van der Waals surface area contributed by atoms with Gasteiger partial charge in [0.05, 0.1) is 0 Å². The standard InChI is InChI=1S/C16H17Br2N/c1-2-11-3-5-12(6-4-11)9-16(19)14-10-13(17)7-8-15(14)18/h3-8,10,16H,2,9,19H2,1H3. The summed E-state index contributed by atoms with van der Waals surface area (Å²) < 4.78 is 2.12. The summed E-state index contributed by atoms with van der Waals surface area (Å²) in [6.45, 7) is 2.17. The zero-order valence-electron chi connectivity index (χ0n) is 10.9. The molecule has 0 bridgehead atoms. The van der Waals surface area contributed by atoms with Gasteiger partial charge in [-0.25, -0.2) is 0 Å². The van der Waals surface area contributed by atoms with Crippen LogP contribution in [0.4, 0.5) is 0 Å². The number of benzene rings is 2. The van der Waals surface area contributed by atoms with Crippen molar-refractivity contribution in [2.45, 2.75) is 25.8 Å². The molecule has 0 radical (unpaired) electrons. The maximum Gasteiger partial charge on any atom is 0.0347 e. The molecule has 0 aliphatic rings. The number of hydrogen-bond acceptors (Lipinski definition) is 1. The molecule has 1 atom stereocenters. The van der Waals surface area contributed by atoms with Gasteiger partial charge in [-0.1, -0.05) is 63.0 Å². The quantitative estimate of drug-likeness (QED) is 0.789. The number of nitrogens with two attached hydrogens (primary N) is 1. The monoisotopic (exact) mass is 381 g/mol. The lowest BCUT2D eigenvalue weighted by Gasteiger charge is -2.15. The van der Waals surface area contributed by atoms with E-state index in [4.69, 9.17) is 5.73 Å². The van der Waals surface area contributed by atoms with E-state index in [1.54, 1.807) is 0 Å². The molecular formula is C16H17Br2N. The minimum Gasteiger partial charge on any atom is -0.324 e. The largest absolute Gasteiger partial charge is 0.324 e. The maximum absolute atomic E-state index is 6.32. The highest BCUT2D eigenvalue weighted by Gasteiger charge is 2.11. The van der Waals surface area contributed by atoms with Crippen LogP contribution in [0.5, 0.6) is 0 Å². The molecule has 2 rings (SSSR count). The molecule has 100 valence electrons. The SMILES string of the molecule is CCc1ccc(CC(N)c2cc(Br)ccc2Br)cc1. The summed E-state index contributed by atoms with van der Waals surface area (Å²) in [5.74, 6) is 0. The Balaban J connectivity index is 2.15. The highest BCUT2D eigenvalue weighted by molar-refractivity contribution is 9.11. The first-order valence-electron chi connectivity index (χ1n) is 6.38. The second-order valence-electron chi connectivity index (χ2n) is 4.65. The van der Waals surface area contributed by atoms with E-state index in [9.17, 15) is 0 Å². The van der Waals surface area contributed by atoms with Gasteiger partial charge in [-0.2, -0.15) is 0 Å². The number of hydrogen-bond donors (Lipinski definition) is 1. The van der Waals surface area contributed by atoms with Gasteiger partial charge in [0.1, 0.15) is 0 Å². The molecule has 2 aromatic carbocycles. The minimum atomic E-state index is -0.000600. The van der Waals surface area contributed by atoms with E-state index in [0.29, 0.717) is 0 Å². The van der Waals surface area contributed by atoms with Crippen LogP contribution in [0.3, 0.4) is 0 Å². The van der Waals surface area contributed by atoms with E-state index in [-0.39, 0.29) is 6.04 Å². The highest BCUT2D eigenvalue weighted by Crippen LogP contribution is 2.27. The topological polar surface area (TPSA) is 26.0 Å². The summed E-state index contributed by atoms with van der Waals surface area (Å²) >= 11 is 7.06. The fourth-order valence-electron chi connectivity index (χ4n) is 2.07. The van der Waals surface area contributed by atoms with Gasteiger partial charge in [0, 0.05) is 15.0 Å². The molecule has 0 heterocycles. The van der Waals surface area contributed by atoms with Crippen LogP contribution in [0.1, 0.15) is 29.7 Å². The van der Waals surface area contributed by atoms with Gasteiger partial charge in [0.25, 0.3) is 0 Å². The first-order chi connectivity index (χ1) is 9.10. The Morgan fingerprint density at radius 1 is 1.00 bits per heavy atom. The lowest BCUT2D eigenvalue weighted by molar-refractivity contribution is 0.717. The van der Waals surface area contributed by atoms with Crippen LogP contribution in [0.2, 0.25) is 0 Å². The molecule has 2 N–H and O–H groups in total. The summed E-state index contributed by atoms with van der Waals surface area (Å²) in [7, 11) is 0. The molecule has 3 heteroatoms. The van der Waals surface area contributed by atoms with E-state index >= 15 is 0 Å². The van der Waals surface area contributed by atoms with Crippen molar-refractivity contribution < 1.29 is 0 Å². The Labute approximate surface area is 131 Å². The van der Waals surface area contributed by atoms with Gasteiger partial charge in [0.2, 0.25) is 0 Å². The smallest absolute Gasteiger partial charge is 0.0347 e. The van der Waals surface area contributed by atoms with E-state index in [2.05, 4.69) is 69.1 Å². The van der Waals surface area contributed by atoms with Crippen molar-refractivity contribution in [2.24, 2.45) is 5.73 Å². The molecule has 1 unspecified atom stereocenters. The first kappa shape index (κ1) is 14.8. The molecule has 1 nitrogen and oxygen atoms in total. The summed E-state index contributed by atoms with van der Waals surface area (Å²) in [5.41, 5.74) is 10.1. The predicted octanol–water partition coefficient (Wildman–Crippen LogP) is 5.02.